The van der Waals surface area contributed by atoms with E-state index in [4.69, 9.17) is 9.47 Å². The van der Waals surface area contributed by atoms with E-state index in [1.54, 1.807) is 24.3 Å². The van der Waals surface area contributed by atoms with Crippen LogP contribution in [0.4, 0.5) is 0 Å². The molecule has 0 spiro atoms. The Morgan fingerprint density at radius 1 is 1.12 bits per heavy atom. The summed E-state index contributed by atoms with van der Waals surface area (Å²) < 4.78 is 10.3. The third-order valence-corrected chi connectivity index (χ3v) is 2.09. The van der Waals surface area contributed by atoms with Crippen molar-refractivity contribution in [1.29, 1.82) is 0 Å². The molecule has 2 aromatic rings. The maximum absolute atomic E-state index is 11.7. The number of carbonyl (C=O) groups excluding carboxylic acids is 1. The molecule has 0 aliphatic heterocycles. The fourth-order valence-corrected chi connectivity index (χ4v) is 1.27. The molecule has 0 aliphatic rings. The molecule has 86 valence electrons. The van der Waals surface area contributed by atoms with Crippen molar-refractivity contribution in [2.24, 2.45) is 0 Å². The Labute approximate surface area is 98.0 Å². The molecule has 2 rings (SSSR count). The number of nitrogens with zero attached hydrogens (tertiary/aromatic N) is 2. The molecule has 5 heteroatoms. The zero-order chi connectivity index (χ0) is 12.1. The average molecular weight is 230 g/mol. The molecule has 0 bridgehead atoms. The van der Waals surface area contributed by atoms with E-state index in [0.717, 1.165) is 0 Å². The number of carbonyl (C=O) groups is 1. The molecule has 17 heavy (non-hydrogen) atoms. The second-order valence-electron chi connectivity index (χ2n) is 3.17. The van der Waals surface area contributed by atoms with Gasteiger partial charge in [0.2, 0.25) is 0 Å². The van der Waals surface area contributed by atoms with Gasteiger partial charge in [0.05, 0.1) is 25.1 Å². The number of rotatable bonds is 3. The molecule has 0 amide bonds. The Bertz CT molecular complexity index is 514. The van der Waals surface area contributed by atoms with Crippen LogP contribution in [0.5, 0.6) is 11.5 Å². The zero-order valence-corrected chi connectivity index (χ0v) is 9.16. The monoisotopic (exact) mass is 230 g/mol. The molecule has 1 aromatic heterocycles. The first-order valence-electron chi connectivity index (χ1n) is 4.93. The Hall–Kier alpha value is -2.43. The van der Waals surface area contributed by atoms with Crippen molar-refractivity contribution in [2.75, 3.05) is 7.11 Å². The molecule has 5 nitrogen and oxygen atoms in total. The number of hydrogen-bond donors (Lipinski definition) is 0. The van der Waals surface area contributed by atoms with Gasteiger partial charge < -0.3 is 9.47 Å². The van der Waals surface area contributed by atoms with Gasteiger partial charge in [-0.2, -0.15) is 10.2 Å². The van der Waals surface area contributed by atoms with Gasteiger partial charge in [-0.1, -0.05) is 12.1 Å². The summed E-state index contributed by atoms with van der Waals surface area (Å²) in [5, 5.41) is 7.19. The van der Waals surface area contributed by atoms with Crippen molar-refractivity contribution in [3.05, 3.63) is 48.3 Å². The lowest BCUT2D eigenvalue weighted by atomic mass is 10.3. The molecule has 1 aromatic carbocycles. The summed E-state index contributed by atoms with van der Waals surface area (Å²) in [7, 11) is 1.51. The molecule has 0 N–H and O–H groups in total. The molecule has 0 atom stereocenters. The molecule has 0 fully saturated rings. The van der Waals surface area contributed by atoms with E-state index < -0.39 is 5.97 Å². The number of methoxy groups -OCH3 is 1. The Morgan fingerprint density at radius 3 is 2.53 bits per heavy atom. The van der Waals surface area contributed by atoms with Gasteiger partial charge in [0.25, 0.3) is 0 Å². The number of aromatic nitrogens is 2. The lowest BCUT2D eigenvalue weighted by Gasteiger charge is -2.07. The predicted molar refractivity (Wildman–Crippen MR) is 60.0 cm³/mol. The van der Waals surface area contributed by atoms with Crippen molar-refractivity contribution in [1.82, 2.24) is 10.2 Å². The lowest BCUT2D eigenvalue weighted by molar-refractivity contribution is 0.0729. The number of hydrogen-bond acceptors (Lipinski definition) is 5. The van der Waals surface area contributed by atoms with Gasteiger partial charge in [-0.3, -0.25) is 0 Å². The summed E-state index contributed by atoms with van der Waals surface area (Å²) in [6, 6.07) is 8.46. The quantitative estimate of drug-likeness (QED) is 0.593. The van der Waals surface area contributed by atoms with Crippen molar-refractivity contribution in [3.63, 3.8) is 0 Å². The van der Waals surface area contributed by atoms with Crippen LogP contribution in [0.1, 0.15) is 10.4 Å². The van der Waals surface area contributed by atoms with E-state index in [9.17, 15) is 4.79 Å². The summed E-state index contributed by atoms with van der Waals surface area (Å²) in [5.41, 5.74) is 0.339. The average Bonchev–Trinajstić information content (AvgIpc) is 2.40. The highest BCUT2D eigenvalue weighted by Crippen LogP contribution is 2.26. The van der Waals surface area contributed by atoms with E-state index in [2.05, 4.69) is 10.2 Å². The minimum Gasteiger partial charge on any atom is -0.493 e. The van der Waals surface area contributed by atoms with E-state index in [0.29, 0.717) is 17.1 Å². The van der Waals surface area contributed by atoms with Crippen LogP contribution in [0.2, 0.25) is 0 Å². The molecular formula is C12H10N2O3. The molecular weight excluding hydrogens is 220 g/mol. The standard InChI is InChI=1S/C12H10N2O3/c1-16-10-4-2-3-5-11(10)17-12(15)9-6-7-13-14-8-9/h2-8H,1H3. The highest BCUT2D eigenvalue weighted by molar-refractivity contribution is 5.90. The van der Waals surface area contributed by atoms with Gasteiger partial charge in [-0.25, -0.2) is 4.79 Å². The van der Waals surface area contributed by atoms with Gasteiger partial charge in [0.1, 0.15) is 0 Å². The zero-order valence-electron chi connectivity index (χ0n) is 9.16. The molecule has 0 saturated carbocycles. The first kappa shape index (κ1) is 11.1. The highest BCUT2D eigenvalue weighted by Gasteiger charge is 2.11. The smallest absolute Gasteiger partial charge is 0.345 e. The van der Waals surface area contributed by atoms with Crippen LogP contribution in [0.15, 0.2) is 42.7 Å². The van der Waals surface area contributed by atoms with Gasteiger partial charge in [-0.15, -0.1) is 0 Å². The van der Waals surface area contributed by atoms with Crippen molar-refractivity contribution in [3.8, 4) is 11.5 Å². The summed E-state index contributed by atoms with van der Waals surface area (Å²) in [5.74, 6) is 0.379. The Balaban J connectivity index is 2.19. The van der Waals surface area contributed by atoms with E-state index in [1.165, 1.54) is 25.6 Å². The topological polar surface area (TPSA) is 61.3 Å². The van der Waals surface area contributed by atoms with Crippen LogP contribution >= 0.6 is 0 Å². The normalized spacial score (nSPS) is 9.71. The third kappa shape index (κ3) is 2.57. The van der Waals surface area contributed by atoms with Crippen LogP contribution in [-0.2, 0) is 0 Å². The van der Waals surface area contributed by atoms with Crippen molar-refractivity contribution < 1.29 is 14.3 Å². The van der Waals surface area contributed by atoms with Crippen molar-refractivity contribution in [2.45, 2.75) is 0 Å². The molecule has 0 saturated heterocycles. The van der Waals surface area contributed by atoms with Gasteiger partial charge in [0, 0.05) is 0 Å². The van der Waals surface area contributed by atoms with Crippen LogP contribution in [0.25, 0.3) is 0 Å². The number of benzene rings is 1. The fraction of sp³-hybridized carbons (Fsp3) is 0.0833. The fourth-order valence-electron chi connectivity index (χ4n) is 1.27. The summed E-state index contributed by atoms with van der Waals surface area (Å²) >= 11 is 0. The Morgan fingerprint density at radius 2 is 1.88 bits per heavy atom. The lowest BCUT2D eigenvalue weighted by Crippen LogP contribution is -2.09. The molecule has 1 heterocycles. The van der Waals surface area contributed by atoms with E-state index in [-0.39, 0.29) is 0 Å². The summed E-state index contributed by atoms with van der Waals surface area (Å²) in [6.45, 7) is 0. The molecule has 0 unspecified atom stereocenters. The second kappa shape index (κ2) is 5.07. The van der Waals surface area contributed by atoms with Crippen LogP contribution in [0.3, 0.4) is 0 Å². The summed E-state index contributed by atoms with van der Waals surface area (Å²) in [6.07, 6.45) is 2.77. The van der Waals surface area contributed by atoms with Gasteiger partial charge >= 0.3 is 5.97 Å². The number of ether oxygens (including phenoxy) is 2. The molecule has 0 aliphatic carbocycles. The largest absolute Gasteiger partial charge is 0.493 e. The second-order valence-corrected chi connectivity index (χ2v) is 3.17. The van der Waals surface area contributed by atoms with Gasteiger partial charge in [-0.05, 0) is 18.2 Å². The first-order chi connectivity index (χ1) is 8.31. The van der Waals surface area contributed by atoms with Crippen molar-refractivity contribution >= 4 is 5.97 Å². The third-order valence-electron chi connectivity index (χ3n) is 2.09. The molecule has 0 radical (unpaired) electrons. The van der Waals surface area contributed by atoms with Crippen LogP contribution < -0.4 is 9.47 Å². The maximum atomic E-state index is 11.7. The Kier molecular flexibility index (Phi) is 3.30. The van der Waals surface area contributed by atoms with Crippen LogP contribution in [-0.4, -0.2) is 23.3 Å². The van der Waals surface area contributed by atoms with E-state index >= 15 is 0 Å². The maximum Gasteiger partial charge on any atom is 0.345 e. The van der Waals surface area contributed by atoms with Crippen LogP contribution in [0, 0.1) is 0 Å². The van der Waals surface area contributed by atoms with Gasteiger partial charge in [0.15, 0.2) is 11.5 Å². The highest BCUT2D eigenvalue weighted by atomic mass is 16.6. The summed E-state index contributed by atoms with van der Waals surface area (Å²) in [4.78, 5) is 11.7. The van der Waals surface area contributed by atoms with E-state index in [1.807, 2.05) is 0 Å². The first-order valence-corrected chi connectivity index (χ1v) is 4.93. The predicted octanol–water partition coefficient (Wildman–Crippen LogP) is 1.70. The minimum atomic E-state index is -0.496. The SMILES string of the molecule is COc1ccccc1OC(=O)c1ccnnc1. The minimum absolute atomic E-state index is 0.339. The number of para-hydroxylation sites is 2. The number of esters is 1.